The molecule has 0 aromatic carbocycles. The number of esters is 1. The fourth-order valence-corrected chi connectivity index (χ4v) is 2.42. The highest BCUT2D eigenvalue weighted by Gasteiger charge is 2.33. The third kappa shape index (κ3) is 4.23. The van der Waals surface area contributed by atoms with Gasteiger partial charge in [0, 0.05) is 18.7 Å². The van der Waals surface area contributed by atoms with Crippen LogP contribution >= 0.6 is 23.2 Å². The summed E-state index contributed by atoms with van der Waals surface area (Å²) in [5.41, 5.74) is -1.53. The highest BCUT2D eigenvalue weighted by Crippen LogP contribution is 2.36. The molecule has 2 aromatic heterocycles. The Morgan fingerprint density at radius 2 is 1.88 bits per heavy atom. The predicted molar refractivity (Wildman–Crippen MR) is 88.1 cm³/mol. The first kappa shape index (κ1) is 19.9. The van der Waals surface area contributed by atoms with Crippen molar-refractivity contribution in [1.82, 2.24) is 9.97 Å². The summed E-state index contributed by atoms with van der Waals surface area (Å²) >= 11 is 12.0. The molecule has 0 aliphatic carbocycles. The van der Waals surface area contributed by atoms with Gasteiger partial charge in [-0.1, -0.05) is 23.2 Å². The normalized spacial score (nSPS) is 11.2. The zero-order valence-electron chi connectivity index (χ0n) is 13.2. The minimum atomic E-state index is -4.67. The van der Waals surface area contributed by atoms with Gasteiger partial charge in [-0.2, -0.15) is 13.2 Å². The zero-order valence-corrected chi connectivity index (χ0v) is 14.8. The van der Waals surface area contributed by atoms with Crippen molar-refractivity contribution in [1.29, 1.82) is 0 Å². The largest absolute Gasteiger partial charge is 0.464 e. The number of carbonyl (C=O) groups is 2. The smallest absolute Gasteiger partial charge is 0.433 e. The maximum Gasteiger partial charge on any atom is 0.433 e. The lowest BCUT2D eigenvalue weighted by Gasteiger charge is -2.13. The van der Waals surface area contributed by atoms with Crippen LogP contribution in [0, 0.1) is 0 Å². The fraction of sp³-hybridized carbons (Fsp3) is 0.200. The summed E-state index contributed by atoms with van der Waals surface area (Å²) in [6, 6.07) is 1.88. The summed E-state index contributed by atoms with van der Waals surface area (Å²) in [6.45, 7) is 1.21. The number of pyridine rings is 2. The van der Waals surface area contributed by atoms with Gasteiger partial charge >= 0.3 is 12.1 Å². The molecule has 2 heterocycles. The summed E-state index contributed by atoms with van der Waals surface area (Å²) in [7, 11) is 1.09. The molecule has 138 valence electrons. The number of carbonyl (C=O) groups excluding carboxylic acids is 2. The standard InChI is InChI=1S/C15H10Cl2F3N3O3/c1-6(24)22-10-4-9(23-13(12(10)17)14(25)26-2)7-5-21-11(3-8(7)16)15(18,19)20/h3-5H,1-2H3,(H,22,23,24). The van der Waals surface area contributed by atoms with Crippen LogP contribution in [0.2, 0.25) is 10.0 Å². The number of halogens is 5. The number of anilines is 1. The van der Waals surface area contributed by atoms with Gasteiger partial charge < -0.3 is 10.1 Å². The average molecular weight is 408 g/mol. The summed E-state index contributed by atoms with van der Waals surface area (Å²) in [4.78, 5) is 30.4. The van der Waals surface area contributed by atoms with Crippen LogP contribution in [0.15, 0.2) is 18.3 Å². The molecule has 1 N–H and O–H groups in total. The number of nitrogens with one attached hydrogen (secondary N) is 1. The molecule has 1 amide bonds. The second kappa shape index (κ2) is 7.46. The molecular weight excluding hydrogens is 398 g/mol. The lowest BCUT2D eigenvalue weighted by molar-refractivity contribution is -0.141. The van der Waals surface area contributed by atoms with E-state index < -0.39 is 23.7 Å². The Bertz CT molecular complexity index is 888. The number of rotatable bonds is 3. The van der Waals surface area contributed by atoms with Crippen LogP contribution in [0.5, 0.6) is 0 Å². The maximum absolute atomic E-state index is 12.7. The van der Waals surface area contributed by atoms with Gasteiger partial charge in [-0.3, -0.25) is 9.78 Å². The van der Waals surface area contributed by atoms with Crippen LogP contribution in [0.25, 0.3) is 11.3 Å². The molecule has 0 aliphatic heterocycles. The van der Waals surface area contributed by atoms with Gasteiger partial charge in [0.15, 0.2) is 5.69 Å². The number of methoxy groups -OCH3 is 1. The van der Waals surface area contributed by atoms with Gasteiger partial charge in [0.05, 0.1) is 28.5 Å². The maximum atomic E-state index is 12.7. The second-order valence-corrected chi connectivity index (χ2v) is 5.72. The molecule has 0 spiro atoms. The molecule has 0 saturated carbocycles. The third-order valence-corrected chi connectivity index (χ3v) is 3.76. The lowest BCUT2D eigenvalue weighted by Crippen LogP contribution is -2.12. The third-order valence-electron chi connectivity index (χ3n) is 3.07. The fourth-order valence-electron chi connectivity index (χ4n) is 1.95. The molecular formula is C15H10Cl2F3N3O3. The van der Waals surface area contributed by atoms with Gasteiger partial charge in [0.1, 0.15) is 5.69 Å². The Kier molecular flexibility index (Phi) is 5.72. The molecule has 2 aromatic rings. The highest BCUT2D eigenvalue weighted by molar-refractivity contribution is 6.36. The SMILES string of the molecule is COC(=O)c1nc(-c2cnc(C(F)(F)F)cc2Cl)cc(NC(C)=O)c1Cl. The van der Waals surface area contributed by atoms with E-state index in [-0.39, 0.29) is 32.7 Å². The second-order valence-electron chi connectivity index (χ2n) is 4.94. The van der Waals surface area contributed by atoms with Crippen LogP contribution in [0.3, 0.4) is 0 Å². The molecule has 2 rings (SSSR count). The van der Waals surface area contributed by atoms with Crippen molar-refractivity contribution < 1.29 is 27.5 Å². The van der Waals surface area contributed by atoms with E-state index >= 15 is 0 Å². The van der Waals surface area contributed by atoms with E-state index in [2.05, 4.69) is 20.0 Å². The quantitative estimate of drug-likeness (QED) is 0.770. The summed E-state index contributed by atoms with van der Waals surface area (Å²) in [5.74, 6) is -1.39. The number of hydrogen-bond donors (Lipinski definition) is 1. The summed E-state index contributed by atoms with van der Waals surface area (Å²) in [5, 5.41) is 1.91. The first-order valence-electron chi connectivity index (χ1n) is 6.84. The first-order chi connectivity index (χ1) is 12.0. The molecule has 0 fully saturated rings. The summed E-state index contributed by atoms with van der Waals surface area (Å²) < 4.78 is 42.7. The van der Waals surface area contributed by atoms with Crippen molar-refractivity contribution in [3.63, 3.8) is 0 Å². The minimum Gasteiger partial charge on any atom is -0.464 e. The predicted octanol–water partition coefficient (Wildman–Crippen LogP) is 4.21. The molecule has 6 nitrogen and oxygen atoms in total. The van der Waals surface area contributed by atoms with Crippen molar-refractivity contribution in [3.05, 3.63) is 39.8 Å². The molecule has 0 atom stereocenters. The number of alkyl halides is 3. The topological polar surface area (TPSA) is 81.2 Å². The zero-order chi connectivity index (χ0) is 19.6. The number of nitrogens with zero attached hydrogens (tertiary/aromatic N) is 2. The number of ether oxygens (including phenoxy) is 1. The Morgan fingerprint density at radius 3 is 2.38 bits per heavy atom. The van der Waals surface area contributed by atoms with E-state index in [1.807, 2.05) is 0 Å². The van der Waals surface area contributed by atoms with Crippen molar-refractivity contribution in [2.45, 2.75) is 13.1 Å². The van der Waals surface area contributed by atoms with Crippen LogP contribution < -0.4 is 5.32 Å². The minimum absolute atomic E-state index is 0.00749. The van der Waals surface area contributed by atoms with Crippen molar-refractivity contribution >= 4 is 40.8 Å². The van der Waals surface area contributed by atoms with Crippen molar-refractivity contribution in [2.75, 3.05) is 12.4 Å². The van der Waals surface area contributed by atoms with Gasteiger partial charge in [0.25, 0.3) is 0 Å². The molecule has 0 aliphatic rings. The monoisotopic (exact) mass is 407 g/mol. The van der Waals surface area contributed by atoms with Gasteiger partial charge in [0.2, 0.25) is 5.91 Å². The van der Waals surface area contributed by atoms with Crippen LogP contribution in [0.1, 0.15) is 23.1 Å². The first-order valence-corrected chi connectivity index (χ1v) is 7.59. The van der Waals surface area contributed by atoms with Crippen molar-refractivity contribution in [2.24, 2.45) is 0 Å². The van der Waals surface area contributed by atoms with Crippen LogP contribution in [-0.2, 0) is 15.7 Å². The van der Waals surface area contributed by atoms with E-state index in [1.165, 1.54) is 13.0 Å². The van der Waals surface area contributed by atoms with Gasteiger partial charge in [-0.25, -0.2) is 9.78 Å². The Labute approximate surface area is 155 Å². The number of aromatic nitrogens is 2. The van der Waals surface area contributed by atoms with Gasteiger partial charge in [-0.05, 0) is 12.1 Å². The Morgan fingerprint density at radius 1 is 1.23 bits per heavy atom. The lowest BCUT2D eigenvalue weighted by atomic mass is 10.1. The van der Waals surface area contributed by atoms with Crippen LogP contribution in [0.4, 0.5) is 18.9 Å². The summed E-state index contributed by atoms with van der Waals surface area (Å²) in [6.07, 6.45) is -3.81. The van der Waals surface area contributed by atoms with E-state index in [0.29, 0.717) is 6.07 Å². The van der Waals surface area contributed by atoms with E-state index in [4.69, 9.17) is 23.2 Å². The average Bonchev–Trinajstić information content (AvgIpc) is 2.54. The van der Waals surface area contributed by atoms with Crippen molar-refractivity contribution in [3.8, 4) is 11.3 Å². The van der Waals surface area contributed by atoms with E-state index in [1.54, 1.807) is 0 Å². The van der Waals surface area contributed by atoms with E-state index in [0.717, 1.165) is 13.3 Å². The molecule has 26 heavy (non-hydrogen) atoms. The molecule has 0 saturated heterocycles. The number of hydrogen-bond acceptors (Lipinski definition) is 5. The molecule has 0 unspecified atom stereocenters. The van der Waals surface area contributed by atoms with Gasteiger partial charge in [-0.15, -0.1) is 0 Å². The van der Waals surface area contributed by atoms with Crippen LogP contribution in [-0.4, -0.2) is 29.0 Å². The Hall–Kier alpha value is -2.39. The van der Waals surface area contributed by atoms with E-state index in [9.17, 15) is 22.8 Å². The highest BCUT2D eigenvalue weighted by atomic mass is 35.5. The molecule has 0 bridgehead atoms. The Balaban J connectivity index is 2.65. The molecule has 0 radical (unpaired) electrons. The molecule has 11 heteroatoms. The number of amides is 1.